The number of carbonyl (C=O) groups excluding carboxylic acids is 1. The maximum atomic E-state index is 12.1. The number of carbonyl (C=O) groups is 1. The van der Waals surface area contributed by atoms with Crippen LogP contribution in [-0.4, -0.2) is 17.4 Å². The third kappa shape index (κ3) is 4.03. The van der Waals surface area contributed by atoms with Crippen molar-refractivity contribution >= 4 is 27.5 Å². The zero-order chi connectivity index (χ0) is 15.4. The summed E-state index contributed by atoms with van der Waals surface area (Å²) in [5, 5.41) is 13.8. The highest BCUT2D eigenvalue weighted by molar-refractivity contribution is 9.10. The highest BCUT2D eigenvalue weighted by Gasteiger charge is 2.22. The minimum atomic E-state index is -0.496. The van der Waals surface area contributed by atoms with Gasteiger partial charge in [-0.25, -0.2) is 0 Å². The van der Waals surface area contributed by atoms with Crippen LogP contribution >= 0.6 is 15.9 Å². The van der Waals surface area contributed by atoms with Crippen LogP contribution in [0.3, 0.4) is 0 Å². The molecule has 114 valence electrons. The summed E-state index contributed by atoms with van der Waals surface area (Å²) in [7, 11) is 0. The molecule has 0 radical (unpaired) electrons. The van der Waals surface area contributed by atoms with Gasteiger partial charge in [0.15, 0.2) is 0 Å². The summed E-state index contributed by atoms with van der Waals surface area (Å²) in [6.07, 6.45) is 4.84. The molecule has 0 spiro atoms. The molecule has 0 saturated heterocycles. The molecule has 2 atom stereocenters. The van der Waals surface area contributed by atoms with Crippen LogP contribution in [0, 0.1) is 22.0 Å². The van der Waals surface area contributed by atoms with Gasteiger partial charge in [-0.3, -0.25) is 14.9 Å². The fourth-order valence-electron chi connectivity index (χ4n) is 2.82. The molecule has 1 aromatic rings. The maximum absolute atomic E-state index is 12.1. The second-order valence-corrected chi connectivity index (χ2v) is 6.51. The van der Waals surface area contributed by atoms with E-state index in [2.05, 4.69) is 28.2 Å². The molecule has 1 saturated carbocycles. The number of benzene rings is 1. The molecule has 0 aromatic heterocycles. The molecule has 1 aliphatic carbocycles. The third-order valence-electron chi connectivity index (χ3n) is 4.22. The Morgan fingerprint density at radius 3 is 2.81 bits per heavy atom. The number of hydrogen-bond donors (Lipinski definition) is 1. The van der Waals surface area contributed by atoms with Crippen molar-refractivity contribution in [2.75, 3.05) is 6.54 Å². The summed E-state index contributed by atoms with van der Waals surface area (Å²) >= 11 is 3.12. The van der Waals surface area contributed by atoms with Gasteiger partial charge in [0, 0.05) is 18.2 Å². The van der Waals surface area contributed by atoms with E-state index >= 15 is 0 Å². The average molecular weight is 355 g/mol. The SMILES string of the molecule is CC1CCCCC1CNC(=O)c1ccc(Br)c([N+](=O)[O-])c1. The van der Waals surface area contributed by atoms with Crippen LogP contribution in [-0.2, 0) is 0 Å². The Labute approximate surface area is 132 Å². The van der Waals surface area contributed by atoms with E-state index in [1.807, 2.05) is 0 Å². The first-order valence-corrected chi connectivity index (χ1v) is 8.00. The Morgan fingerprint density at radius 2 is 2.14 bits per heavy atom. The summed E-state index contributed by atoms with van der Waals surface area (Å²) in [5.41, 5.74) is 0.238. The van der Waals surface area contributed by atoms with Gasteiger partial charge in [-0.15, -0.1) is 0 Å². The number of amides is 1. The van der Waals surface area contributed by atoms with Crippen molar-refractivity contribution in [1.82, 2.24) is 5.32 Å². The van der Waals surface area contributed by atoms with Crippen molar-refractivity contribution in [2.24, 2.45) is 11.8 Å². The van der Waals surface area contributed by atoms with Gasteiger partial charge in [0.25, 0.3) is 11.6 Å². The van der Waals surface area contributed by atoms with Crippen molar-refractivity contribution < 1.29 is 9.72 Å². The first-order valence-electron chi connectivity index (χ1n) is 7.21. The molecule has 0 aliphatic heterocycles. The summed E-state index contributed by atoms with van der Waals surface area (Å²) < 4.78 is 0.380. The Balaban J connectivity index is 2.00. The zero-order valence-corrected chi connectivity index (χ0v) is 13.6. The lowest BCUT2D eigenvalue weighted by atomic mass is 9.80. The molecule has 2 rings (SSSR count). The summed E-state index contributed by atoms with van der Waals surface area (Å²) in [4.78, 5) is 22.5. The van der Waals surface area contributed by atoms with Crippen molar-refractivity contribution in [3.8, 4) is 0 Å². The van der Waals surface area contributed by atoms with Gasteiger partial charge >= 0.3 is 0 Å². The van der Waals surface area contributed by atoms with E-state index in [0.29, 0.717) is 28.4 Å². The molecule has 1 aromatic carbocycles. The van der Waals surface area contributed by atoms with E-state index in [1.165, 1.54) is 31.4 Å². The number of nitrogens with one attached hydrogen (secondary N) is 1. The molecule has 1 amide bonds. The van der Waals surface area contributed by atoms with Gasteiger partial charge < -0.3 is 5.32 Å². The van der Waals surface area contributed by atoms with Crippen molar-refractivity contribution in [3.05, 3.63) is 38.3 Å². The van der Waals surface area contributed by atoms with Gasteiger partial charge in [0.1, 0.15) is 0 Å². The molecule has 6 heteroatoms. The summed E-state index contributed by atoms with van der Waals surface area (Å²) in [6.45, 7) is 2.87. The van der Waals surface area contributed by atoms with Crippen LogP contribution in [0.5, 0.6) is 0 Å². The Hall–Kier alpha value is -1.43. The smallest absolute Gasteiger partial charge is 0.284 e. The predicted molar refractivity (Wildman–Crippen MR) is 84.3 cm³/mol. The standard InChI is InChI=1S/C15H19BrN2O3/c1-10-4-2-3-5-12(10)9-17-15(19)11-6-7-13(16)14(8-11)18(20)21/h6-8,10,12H,2-5,9H2,1H3,(H,17,19). The van der Waals surface area contributed by atoms with Crippen molar-refractivity contribution in [2.45, 2.75) is 32.6 Å². The van der Waals surface area contributed by atoms with Crippen molar-refractivity contribution in [3.63, 3.8) is 0 Å². The topological polar surface area (TPSA) is 72.2 Å². The van der Waals surface area contributed by atoms with Gasteiger partial charge in [-0.05, 0) is 46.3 Å². The summed E-state index contributed by atoms with van der Waals surface area (Å²) in [6, 6.07) is 4.44. The van der Waals surface area contributed by atoms with E-state index in [0.717, 1.165) is 6.42 Å². The number of hydrogen-bond acceptors (Lipinski definition) is 3. The molecule has 1 fully saturated rings. The lowest BCUT2D eigenvalue weighted by molar-refractivity contribution is -0.385. The highest BCUT2D eigenvalue weighted by Crippen LogP contribution is 2.29. The number of rotatable bonds is 4. The van der Waals surface area contributed by atoms with Crippen LogP contribution in [0.15, 0.2) is 22.7 Å². The molecule has 1 N–H and O–H groups in total. The van der Waals surface area contributed by atoms with Crippen LogP contribution in [0.4, 0.5) is 5.69 Å². The lowest BCUT2D eigenvalue weighted by Crippen LogP contribution is -2.33. The number of nitrogens with zero attached hydrogens (tertiary/aromatic N) is 1. The molecule has 0 bridgehead atoms. The first kappa shape index (κ1) is 15.9. The molecular weight excluding hydrogens is 336 g/mol. The van der Waals surface area contributed by atoms with E-state index in [1.54, 1.807) is 6.07 Å². The quantitative estimate of drug-likeness (QED) is 0.657. The Kier molecular flexibility index (Phi) is 5.33. The van der Waals surface area contributed by atoms with Crippen LogP contribution in [0.25, 0.3) is 0 Å². The van der Waals surface area contributed by atoms with Gasteiger partial charge in [-0.2, -0.15) is 0 Å². The number of nitro benzene ring substituents is 1. The number of nitro groups is 1. The monoisotopic (exact) mass is 354 g/mol. The molecule has 21 heavy (non-hydrogen) atoms. The third-order valence-corrected chi connectivity index (χ3v) is 4.89. The highest BCUT2D eigenvalue weighted by atomic mass is 79.9. The van der Waals surface area contributed by atoms with E-state index in [-0.39, 0.29) is 11.6 Å². The molecule has 5 nitrogen and oxygen atoms in total. The molecule has 0 heterocycles. The molecule has 2 unspecified atom stereocenters. The van der Waals surface area contributed by atoms with E-state index in [4.69, 9.17) is 0 Å². The second-order valence-electron chi connectivity index (χ2n) is 5.66. The van der Waals surface area contributed by atoms with Crippen LogP contribution in [0.2, 0.25) is 0 Å². The zero-order valence-electron chi connectivity index (χ0n) is 12.0. The lowest BCUT2D eigenvalue weighted by Gasteiger charge is -2.28. The molecule has 1 aliphatic rings. The Morgan fingerprint density at radius 1 is 1.43 bits per heavy atom. The predicted octanol–water partition coefficient (Wildman–Crippen LogP) is 3.91. The molecular formula is C15H19BrN2O3. The largest absolute Gasteiger partial charge is 0.352 e. The fourth-order valence-corrected chi connectivity index (χ4v) is 3.21. The minimum Gasteiger partial charge on any atom is -0.352 e. The maximum Gasteiger partial charge on any atom is 0.284 e. The van der Waals surface area contributed by atoms with E-state index in [9.17, 15) is 14.9 Å². The second kappa shape index (κ2) is 7.02. The Bertz CT molecular complexity index is 548. The van der Waals surface area contributed by atoms with Crippen LogP contribution < -0.4 is 5.32 Å². The van der Waals surface area contributed by atoms with E-state index < -0.39 is 4.92 Å². The first-order chi connectivity index (χ1) is 9.99. The average Bonchev–Trinajstić information content (AvgIpc) is 2.46. The number of halogens is 1. The summed E-state index contributed by atoms with van der Waals surface area (Å²) in [5.74, 6) is 0.884. The van der Waals surface area contributed by atoms with Gasteiger partial charge in [-0.1, -0.05) is 26.2 Å². The normalized spacial score (nSPS) is 21.8. The fraction of sp³-hybridized carbons (Fsp3) is 0.533. The minimum absolute atomic E-state index is 0.0892. The van der Waals surface area contributed by atoms with Crippen molar-refractivity contribution in [1.29, 1.82) is 0 Å². The van der Waals surface area contributed by atoms with Gasteiger partial charge in [0.2, 0.25) is 0 Å². The van der Waals surface area contributed by atoms with Gasteiger partial charge in [0.05, 0.1) is 9.40 Å². The van der Waals surface area contributed by atoms with Crippen LogP contribution in [0.1, 0.15) is 43.0 Å².